The predicted molar refractivity (Wildman–Crippen MR) is 131 cm³/mol. The number of amides is 4. The molecule has 0 saturated heterocycles. The normalized spacial score (nSPS) is 15.9. The fraction of sp³-hybridized carbons (Fsp3) is 0.727. The Balaban J connectivity index is 5.48. The maximum atomic E-state index is 13.0. The number of unbranched alkanes of at least 4 members (excludes halogenated alkanes) is 1. The van der Waals surface area contributed by atoms with Crippen molar-refractivity contribution in [3.8, 4) is 0 Å². The Hall–Kier alpha value is -3.30. The van der Waals surface area contributed by atoms with Crippen LogP contribution in [0.1, 0.15) is 53.4 Å². The molecule has 0 saturated carbocycles. The van der Waals surface area contributed by atoms with Gasteiger partial charge in [-0.15, -0.1) is 0 Å². The van der Waals surface area contributed by atoms with Gasteiger partial charge in [-0.1, -0.05) is 13.8 Å². The highest BCUT2D eigenvalue weighted by Gasteiger charge is 2.32. The Bertz CT molecular complexity index is 820. The molecule has 15 nitrogen and oxygen atoms in total. The number of aliphatic hydroxyl groups excluding tert-OH is 1. The van der Waals surface area contributed by atoms with Crippen molar-refractivity contribution in [2.24, 2.45) is 17.4 Å². The van der Waals surface area contributed by atoms with E-state index in [0.29, 0.717) is 19.4 Å². The van der Waals surface area contributed by atoms with Crippen LogP contribution in [-0.4, -0.2) is 93.7 Å². The van der Waals surface area contributed by atoms with E-state index in [1.807, 2.05) is 0 Å². The number of carbonyl (C=O) groups excluding carboxylic acids is 4. The van der Waals surface area contributed by atoms with Crippen LogP contribution in [0.3, 0.4) is 0 Å². The molecule has 0 aliphatic rings. The molecule has 0 heterocycles. The zero-order valence-electron chi connectivity index (χ0n) is 21.5. The molecule has 4 amide bonds. The standard InChI is InChI=1S/C22H40N6O9/c1-10(2)16(27-19(33)13(24)9-15(30)31)21(35)26-14(7-5-6-8-23)20(34)25-11(3)18(32)28-17(12(4)29)22(36)37/h10-14,16-17,29H,5-9,23-24H2,1-4H3,(H,25,34)(H,26,35)(H,27,33)(H,28,32)(H,30,31)(H,36,37)/t11-,12+,13-,14-,16-,17-/m0/s1. The lowest BCUT2D eigenvalue weighted by atomic mass is 10.0. The van der Waals surface area contributed by atoms with Crippen molar-refractivity contribution in [3.05, 3.63) is 0 Å². The predicted octanol–water partition coefficient (Wildman–Crippen LogP) is -3.00. The van der Waals surface area contributed by atoms with Crippen molar-refractivity contribution < 1.29 is 44.1 Å². The summed E-state index contributed by atoms with van der Waals surface area (Å²) in [6.45, 7) is 6.08. The Morgan fingerprint density at radius 3 is 1.78 bits per heavy atom. The second kappa shape index (κ2) is 16.4. The van der Waals surface area contributed by atoms with Gasteiger partial charge < -0.3 is 48.1 Å². The maximum Gasteiger partial charge on any atom is 0.328 e. The molecule has 0 rings (SSSR count). The summed E-state index contributed by atoms with van der Waals surface area (Å²) in [5.41, 5.74) is 11.1. The van der Waals surface area contributed by atoms with Crippen LogP contribution < -0.4 is 32.7 Å². The molecule has 11 N–H and O–H groups in total. The van der Waals surface area contributed by atoms with E-state index in [4.69, 9.17) is 21.7 Å². The molecular weight excluding hydrogens is 492 g/mol. The third-order valence-electron chi connectivity index (χ3n) is 5.36. The van der Waals surface area contributed by atoms with E-state index in [-0.39, 0.29) is 6.42 Å². The number of carboxylic acid groups (broad SMARTS) is 2. The monoisotopic (exact) mass is 532 g/mol. The van der Waals surface area contributed by atoms with E-state index in [9.17, 15) is 33.9 Å². The average molecular weight is 533 g/mol. The van der Waals surface area contributed by atoms with Gasteiger partial charge in [-0.3, -0.25) is 24.0 Å². The Morgan fingerprint density at radius 2 is 1.32 bits per heavy atom. The molecular formula is C22H40N6O9. The van der Waals surface area contributed by atoms with Crippen LogP contribution in [0.15, 0.2) is 0 Å². The highest BCUT2D eigenvalue weighted by atomic mass is 16.4. The number of aliphatic carboxylic acids is 2. The molecule has 0 fully saturated rings. The van der Waals surface area contributed by atoms with Gasteiger partial charge in [0.15, 0.2) is 6.04 Å². The van der Waals surface area contributed by atoms with Crippen LogP contribution >= 0.6 is 0 Å². The highest BCUT2D eigenvalue weighted by Crippen LogP contribution is 2.07. The van der Waals surface area contributed by atoms with Crippen molar-refractivity contribution in [1.29, 1.82) is 0 Å². The third-order valence-corrected chi connectivity index (χ3v) is 5.36. The van der Waals surface area contributed by atoms with Crippen LogP contribution in [0, 0.1) is 5.92 Å². The number of carbonyl (C=O) groups is 6. The second-order valence-electron chi connectivity index (χ2n) is 9.08. The summed E-state index contributed by atoms with van der Waals surface area (Å²) < 4.78 is 0. The summed E-state index contributed by atoms with van der Waals surface area (Å²) in [5.74, 6) is -6.38. The molecule has 0 aliphatic carbocycles. The van der Waals surface area contributed by atoms with E-state index in [1.165, 1.54) is 13.8 Å². The number of hydrogen-bond donors (Lipinski definition) is 9. The molecule has 6 atom stereocenters. The number of hydrogen-bond acceptors (Lipinski definition) is 9. The van der Waals surface area contributed by atoms with Crippen molar-refractivity contribution in [2.75, 3.05) is 6.54 Å². The van der Waals surface area contributed by atoms with Gasteiger partial charge in [0, 0.05) is 0 Å². The quantitative estimate of drug-likeness (QED) is 0.0852. The zero-order chi connectivity index (χ0) is 28.9. The second-order valence-corrected chi connectivity index (χ2v) is 9.08. The number of carboxylic acids is 2. The molecule has 212 valence electrons. The van der Waals surface area contributed by atoms with Crippen molar-refractivity contribution in [3.63, 3.8) is 0 Å². The van der Waals surface area contributed by atoms with Crippen molar-refractivity contribution in [1.82, 2.24) is 21.3 Å². The van der Waals surface area contributed by atoms with Crippen LogP contribution in [0.25, 0.3) is 0 Å². The van der Waals surface area contributed by atoms with Gasteiger partial charge in [0.1, 0.15) is 18.1 Å². The lowest BCUT2D eigenvalue weighted by molar-refractivity contribution is -0.145. The number of aliphatic hydroxyl groups is 1. The molecule has 0 spiro atoms. The largest absolute Gasteiger partial charge is 0.481 e. The average Bonchev–Trinajstić information content (AvgIpc) is 2.78. The van der Waals surface area contributed by atoms with E-state index in [1.54, 1.807) is 13.8 Å². The maximum absolute atomic E-state index is 13.0. The Morgan fingerprint density at radius 1 is 0.757 bits per heavy atom. The van der Waals surface area contributed by atoms with E-state index < -0.39 is 84.2 Å². The molecule has 0 aromatic heterocycles. The minimum absolute atomic E-state index is 0.145. The van der Waals surface area contributed by atoms with Crippen LogP contribution in [0.2, 0.25) is 0 Å². The Kier molecular flexibility index (Phi) is 15.0. The van der Waals surface area contributed by atoms with Crippen LogP contribution in [-0.2, 0) is 28.8 Å². The minimum Gasteiger partial charge on any atom is -0.481 e. The fourth-order valence-electron chi connectivity index (χ4n) is 3.15. The van der Waals surface area contributed by atoms with Crippen molar-refractivity contribution >= 4 is 35.6 Å². The number of nitrogens with two attached hydrogens (primary N) is 2. The molecule has 37 heavy (non-hydrogen) atoms. The van der Waals surface area contributed by atoms with Crippen LogP contribution in [0.5, 0.6) is 0 Å². The van der Waals surface area contributed by atoms with Gasteiger partial charge in [0.05, 0.1) is 18.6 Å². The summed E-state index contributed by atoms with van der Waals surface area (Å²) >= 11 is 0. The highest BCUT2D eigenvalue weighted by molar-refractivity contribution is 5.95. The first-order valence-corrected chi connectivity index (χ1v) is 11.9. The summed E-state index contributed by atoms with van der Waals surface area (Å²) in [6.07, 6.45) is -0.898. The molecule has 0 aliphatic heterocycles. The Labute approximate surface area is 215 Å². The third kappa shape index (κ3) is 12.5. The van der Waals surface area contributed by atoms with Gasteiger partial charge in [-0.05, 0) is 45.6 Å². The molecule has 0 radical (unpaired) electrons. The van der Waals surface area contributed by atoms with Crippen molar-refractivity contribution in [2.45, 2.75) is 89.7 Å². The summed E-state index contributed by atoms with van der Waals surface area (Å²) in [6, 6.07) is -6.45. The SMILES string of the molecule is CC(C)[C@H](NC(=O)[C@@H](N)CC(=O)O)C(=O)N[C@@H](CCCCN)C(=O)N[C@@H](C)C(=O)N[C@H](C(=O)O)[C@@H](C)O. The molecule has 0 unspecified atom stereocenters. The smallest absolute Gasteiger partial charge is 0.328 e. The molecule has 0 bridgehead atoms. The van der Waals surface area contributed by atoms with Crippen LogP contribution in [0.4, 0.5) is 0 Å². The number of nitrogens with one attached hydrogen (secondary N) is 4. The topological polar surface area (TPSA) is 263 Å². The number of rotatable bonds is 17. The first-order valence-electron chi connectivity index (χ1n) is 11.9. The van der Waals surface area contributed by atoms with Gasteiger partial charge in [0.2, 0.25) is 23.6 Å². The summed E-state index contributed by atoms with van der Waals surface area (Å²) in [5, 5.41) is 36.9. The van der Waals surface area contributed by atoms with Gasteiger partial charge in [-0.25, -0.2) is 4.79 Å². The summed E-state index contributed by atoms with van der Waals surface area (Å²) in [7, 11) is 0. The van der Waals surface area contributed by atoms with Gasteiger partial charge in [-0.2, -0.15) is 0 Å². The zero-order valence-corrected chi connectivity index (χ0v) is 21.5. The minimum atomic E-state index is -1.59. The molecule has 15 heteroatoms. The fourth-order valence-corrected chi connectivity index (χ4v) is 3.15. The lowest BCUT2D eigenvalue weighted by Crippen LogP contribution is -2.59. The van der Waals surface area contributed by atoms with E-state index in [2.05, 4.69) is 21.3 Å². The van der Waals surface area contributed by atoms with Gasteiger partial charge >= 0.3 is 11.9 Å². The van der Waals surface area contributed by atoms with Gasteiger partial charge in [0.25, 0.3) is 0 Å². The molecule has 0 aromatic carbocycles. The first-order chi connectivity index (χ1) is 17.1. The lowest BCUT2D eigenvalue weighted by Gasteiger charge is -2.27. The van der Waals surface area contributed by atoms with E-state index >= 15 is 0 Å². The summed E-state index contributed by atoms with van der Waals surface area (Å²) in [4.78, 5) is 72.5. The first kappa shape index (κ1) is 33.7. The molecule has 0 aromatic rings. The van der Waals surface area contributed by atoms with E-state index in [0.717, 1.165) is 0 Å².